The number of ether oxygens (including phenoxy) is 2. The normalized spacial score (nSPS) is 17.0. The van der Waals surface area contributed by atoms with Crippen LogP contribution in [0.25, 0.3) is 10.9 Å². The van der Waals surface area contributed by atoms with Crippen molar-refractivity contribution in [2.45, 2.75) is 19.3 Å². The average Bonchev–Trinajstić information content (AvgIpc) is 2.96. The van der Waals surface area contributed by atoms with E-state index in [0.717, 1.165) is 16.7 Å². The van der Waals surface area contributed by atoms with Crippen LogP contribution in [0.2, 0.25) is 0 Å². The van der Waals surface area contributed by atoms with Gasteiger partial charge in [0.05, 0.1) is 18.7 Å². The lowest BCUT2D eigenvalue weighted by molar-refractivity contribution is -0.0493. The fourth-order valence-corrected chi connectivity index (χ4v) is 2.78. The number of nitrogens with zero attached hydrogens (tertiary/aromatic N) is 2. The maximum Gasteiger partial charge on any atom is 0.159 e. The molecule has 0 bridgehead atoms. The summed E-state index contributed by atoms with van der Waals surface area (Å²) >= 11 is 2.27. The van der Waals surface area contributed by atoms with Gasteiger partial charge in [0.2, 0.25) is 0 Å². The third-order valence-electron chi connectivity index (χ3n) is 2.88. The number of para-hydroxylation sites is 1. The average molecular weight is 344 g/mol. The van der Waals surface area contributed by atoms with Crippen molar-refractivity contribution >= 4 is 33.5 Å². The van der Waals surface area contributed by atoms with Crippen molar-refractivity contribution < 1.29 is 9.47 Å². The van der Waals surface area contributed by atoms with E-state index < -0.39 is 0 Å². The molecule has 1 fully saturated rings. The Morgan fingerprint density at radius 3 is 2.88 bits per heavy atom. The smallest absolute Gasteiger partial charge is 0.159 e. The lowest BCUT2D eigenvalue weighted by atomic mass is 10.2. The molecule has 2 aromatic rings. The van der Waals surface area contributed by atoms with Gasteiger partial charge in [-0.15, -0.1) is 0 Å². The van der Waals surface area contributed by atoms with Crippen LogP contribution in [0.5, 0.6) is 0 Å². The fraction of sp³-hybridized carbons (Fsp3) is 0.417. The van der Waals surface area contributed by atoms with E-state index in [4.69, 9.17) is 9.47 Å². The molecule has 0 atom stereocenters. The number of hydrogen-bond donors (Lipinski definition) is 0. The number of rotatable bonds is 3. The Morgan fingerprint density at radius 1 is 1.29 bits per heavy atom. The maximum atomic E-state index is 5.43. The molecule has 0 aliphatic carbocycles. The van der Waals surface area contributed by atoms with E-state index in [-0.39, 0.29) is 6.29 Å². The molecule has 1 aromatic carbocycles. The topological polar surface area (TPSA) is 36.3 Å². The van der Waals surface area contributed by atoms with Crippen LogP contribution < -0.4 is 0 Å². The lowest BCUT2D eigenvalue weighted by Crippen LogP contribution is -2.12. The predicted molar refractivity (Wildman–Crippen MR) is 72.8 cm³/mol. The first-order valence-corrected chi connectivity index (χ1v) is 6.77. The summed E-state index contributed by atoms with van der Waals surface area (Å²) in [5.74, 6) is 0. The highest BCUT2D eigenvalue weighted by Gasteiger charge is 2.16. The minimum absolute atomic E-state index is 0.0596. The zero-order chi connectivity index (χ0) is 11.7. The summed E-state index contributed by atoms with van der Waals surface area (Å²) in [6.45, 7) is 2.25. The SMILES string of the molecule is Ic1nn(CCC2OCCO2)c2ccccc12. The molecule has 2 heterocycles. The van der Waals surface area contributed by atoms with Gasteiger partial charge in [-0.2, -0.15) is 5.10 Å². The third-order valence-corrected chi connectivity index (χ3v) is 3.68. The fourth-order valence-electron chi connectivity index (χ4n) is 2.06. The summed E-state index contributed by atoms with van der Waals surface area (Å²) in [4.78, 5) is 0. The Kier molecular flexibility index (Phi) is 3.30. The number of hydrogen-bond acceptors (Lipinski definition) is 3. The molecule has 1 aliphatic heterocycles. The van der Waals surface area contributed by atoms with Crippen LogP contribution in [0.1, 0.15) is 6.42 Å². The standard InChI is InChI=1S/C12H13IN2O2/c13-12-9-3-1-2-4-10(9)15(14-12)6-5-11-16-7-8-17-11/h1-4,11H,5-8H2. The molecule has 1 aliphatic rings. The molecule has 4 nitrogen and oxygen atoms in total. The lowest BCUT2D eigenvalue weighted by Gasteiger charge is -2.09. The quantitative estimate of drug-likeness (QED) is 0.803. The highest BCUT2D eigenvalue weighted by atomic mass is 127. The first-order chi connectivity index (χ1) is 8.34. The van der Waals surface area contributed by atoms with E-state index in [0.29, 0.717) is 13.2 Å². The van der Waals surface area contributed by atoms with Gasteiger partial charge in [0.15, 0.2) is 6.29 Å². The summed E-state index contributed by atoms with van der Waals surface area (Å²) in [7, 11) is 0. The number of aryl methyl sites for hydroxylation is 1. The van der Waals surface area contributed by atoms with Crippen LogP contribution in [0.4, 0.5) is 0 Å². The van der Waals surface area contributed by atoms with Gasteiger partial charge in [0.1, 0.15) is 3.70 Å². The van der Waals surface area contributed by atoms with Crippen molar-refractivity contribution in [1.29, 1.82) is 0 Å². The number of aromatic nitrogens is 2. The summed E-state index contributed by atoms with van der Waals surface area (Å²) in [6, 6.07) is 8.28. The summed E-state index contributed by atoms with van der Waals surface area (Å²) in [6.07, 6.45) is 0.789. The van der Waals surface area contributed by atoms with Crippen molar-refractivity contribution in [1.82, 2.24) is 9.78 Å². The number of fused-ring (bicyclic) bond motifs is 1. The van der Waals surface area contributed by atoms with Crippen LogP contribution in [0.3, 0.4) is 0 Å². The summed E-state index contributed by atoms with van der Waals surface area (Å²) in [5, 5.41) is 5.75. The molecule has 5 heteroatoms. The number of halogens is 1. The van der Waals surface area contributed by atoms with Gasteiger partial charge in [0, 0.05) is 18.4 Å². The van der Waals surface area contributed by atoms with Crippen LogP contribution in [-0.4, -0.2) is 29.3 Å². The minimum atomic E-state index is -0.0596. The van der Waals surface area contributed by atoms with E-state index in [1.165, 1.54) is 10.9 Å². The van der Waals surface area contributed by atoms with Gasteiger partial charge in [0.25, 0.3) is 0 Å². The second kappa shape index (κ2) is 4.91. The molecule has 0 radical (unpaired) electrons. The van der Waals surface area contributed by atoms with Crippen molar-refractivity contribution in [3.8, 4) is 0 Å². The zero-order valence-electron chi connectivity index (χ0n) is 9.30. The molecule has 0 spiro atoms. The van der Waals surface area contributed by atoms with Crippen LogP contribution in [-0.2, 0) is 16.0 Å². The molecule has 0 N–H and O–H groups in total. The summed E-state index contributed by atoms with van der Waals surface area (Å²) < 4.78 is 13.9. The molecule has 1 aromatic heterocycles. The Hall–Kier alpha value is -0.660. The van der Waals surface area contributed by atoms with Crippen LogP contribution >= 0.6 is 22.6 Å². The molecular formula is C12H13IN2O2. The summed E-state index contributed by atoms with van der Waals surface area (Å²) in [5.41, 5.74) is 1.18. The van der Waals surface area contributed by atoms with E-state index >= 15 is 0 Å². The monoisotopic (exact) mass is 344 g/mol. The van der Waals surface area contributed by atoms with Gasteiger partial charge in [-0.1, -0.05) is 18.2 Å². The third kappa shape index (κ3) is 2.31. The van der Waals surface area contributed by atoms with Crippen molar-refractivity contribution in [2.75, 3.05) is 13.2 Å². The van der Waals surface area contributed by atoms with Crippen LogP contribution in [0.15, 0.2) is 24.3 Å². The molecule has 90 valence electrons. The van der Waals surface area contributed by atoms with Crippen LogP contribution in [0, 0.1) is 3.70 Å². The molecule has 0 unspecified atom stereocenters. The Morgan fingerprint density at radius 2 is 2.06 bits per heavy atom. The molecular weight excluding hydrogens is 331 g/mol. The van der Waals surface area contributed by atoms with Crippen molar-refractivity contribution in [3.63, 3.8) is 0 Å². The van der Waals surface area contributed by atoms with E-state index in [2.05, 4.69) is 39.8 Å². The molecule has 0 saturated carbocycles. The van der Waals surface area contributed by atoms with Crippen molar-refractivity contribution in [3.05, 3.63) is 28.0 Å². The van der Waals surface area contributed by atoms with Gasteiger partial charge >= 0.3 is 0 Å². The second-order valence-corrected chi connectivity index (χ2v) is 5.01. The first-order valence-electron chi connectivity index (χ1n) is 5.69. The molecule has 1 saturated heterocycles. The van der Waals surface area contributed by atoms with E-state index in [9.17, 15) is 0 Å². The van der Waals surface area contributed by atoms with Gasteiger partial charge < -0.3 is 9.47 Å². The number of benzene rings is 1. The second-order valence-electron chi connectivity index (χ2n) is 3.99. The van der Waals surface area contributed by atoms with E-state index in [1.54, 1.807) is 0 Å². The Labute approximate surface area is 113 Å². The maximum absolute atomic E-state index is 5.43. The molecule has 3 rings (SSSR count). The first kappa shape index (κ1) is 11.4. The Balaban J connectivity index is 1.80. The molecule has 17 heavy (non-hydrogen) atoms. The zero-order valence-corrected chi connectivity index (χ0v) is 11.5. The Bertz CT molecular complexity index is 520. The van der Waals surface area contributed by atoms with Crippen molar-refractivity contribution in [2.24, 2.45) is 0 Å². The van der Waals surface area contributed by atoms with E-state index in [1.807, 2.05) is 16.8 Å². The predicted octanol–water partition coefficient (Wildman–Crippen LogP) is 2.40. The molecule has 0 amide bonds. The highest BCUT2D eigenvalue weighted by molar-refractivity contribution is 14.1. The van der Waals surface area contributed by atoms with Gasteiger partial charge in [-0.3, -0.25) is 4.68 Å². The largest absolute Gasteiger partial charge is 0.350 e. The highest BCUT2D eigenvalue weighted by Crippen LogP contribution is 2.20. The van der Waals surface area contributed by atoms with Gasteiger partial charge in [-0.05, 0) is 28.7 Å². The minimum Gasteiger partial charge on any atom is -0.350 e. The van der Waals surface area contributed by atoms with Gasteiger partial charge in [-0.25, -0.2) is 0 Å².